The Kier molecular flexibility index (Phi) is 5.11. The normalized spacial score (nSPS) is 10.6. The minimum atomic E-state index is -0.337. The number of halogens is 1. The quantitative estimate of drug-likeness (QED) is 0.889. The minimum Gasteiger partial charge on any atom is -0.456 e. The highest BCUT2D eigenvalue weighted by Crippen LogP contribution is 2.19. The molecule has 1 aromatic carbocycles. The summed E-state index contributed by atoms with van der Waals surface area (Å²) >= 11 is 0. The van der Waals surface area contributed by atoms with E-state index in [0.29, 0.717) is 25.2 Å². The summed E-state index contributed by atoms with van der Waals surface area (Å²) in [5.74, 6) is 0.468. The van der Waals surface area contributed by atoms with E-state index in [2.05, 4.69) is 0 Å². The first-order valence-electron chi connectivity index (χ1n) is 7.02. The number of aryl methyl sites for hydroxylation is 1. The topological polar surface area (TPSA) is 59.5 Å². The van der Waals surface area contributed by atoms with Gasteiger partial charge in [0.15, 0.2) is 5.76 Å². The van der Waals surface area contributed by atoms with Crippen molar-refractivity contribution >= 4 is 11.6 Å². The van der Waals surface area contributed by atoms with Gasteiger partial charge in [-0.1, -0.05) is 6.92 Å². The third-order valence-electron chi connectivity index (χ3n) is 3.19. The van der Waals surface area contributed by atoms with Crippen LogP contribution in [-0.4, -0.2) is 19.0 Å². The van der Waals surface area contributed by atoms with Crippen molar-refractivity contribution in [1.82, 2.24) is 0 Å². The molecule has 0 fully saturated rings. The predicted octanol–water partition coefficient (Wildman–Crippen LogP) is 2.98. The molecular weight excluding hydrogens is 271 g/mol. The van der Waals surface area contributed by atoms with Crippen molar-refractivity contribution in [2.75, 3.05) is 18.0 Å². The highest BCUT2D eigenvalue weighted by atomic mass is 19.1. The number of nitrogens with zero attached hydrogens (tertiary/aromatic N) is 1. The maximum Gasteiger partial charge on any atom is 0.293 e. The third-order valence-corrected chi connectivity index (χ3v) is 3.19. The molecule has 2 aromatic rings. The summed E-state index contributed by atoms with van der Waals surface area (Å²) in [6.07, 6.45) is 1.39. The van der Waals surface area contributed by atoms with E-state index in [1.807, 2.05) is 6.92 Å². The van der Waals surface area contributed by atoms with E-state index >= 15 is 0 Å². The number of rotatable bonds is 6. The van der Waals surface area contributed by atoms with Crippen molar-refractivity contribution < 1.29 is 13.6 Å². The zero-order valence-corrected chi connectivity index (χ0v) is 12.0. The molecule has 0 spiro atoms. The van der Waals surface area contributed by atoms with E-state index in [-0.39, 0.29) is 17.5 Å². The molecule has 2 rings (SSSR count). The largest absolute Gasteiger partial charge is 0.456 e. The molecule has 1 aromatic heterocycles. The fraction of sp³-hybridized carbons (Fsp3) is 0.312. The van der Waals surface area contributed by atoms with Crippen LogP contribution in [-0.2, 0) is 6.42 Å². The van der Waals surface area contributed by atoms with E-state index in [1.165, 1.54) is 12.1 Å². The van der Waals surface area contributed by atoms with Gasteiger partial charge in [-0.25, -0.2) is 4.39 Å². The lowest BCUT2D eigenvalue weighted by Crippen LogP contribution is -2.32. The lowest BCUT2D eigenvalue weighted by atomic mass is 10.2. The van der Waals surface area contributed by atoms with Gasteiger partial charge in [0.25, 0.3) is 5.91 Å². The molecule has 0 radical (unpaired) electrons. The van der Waals surface area contributed by atoms with E-state index in [9.17, 15) is 9.18 Å². The molecule has 1 amide bonds. The van der Waals surface area contributed by atoms with Crippen LogP contribution in [0.25, 0.3) is 0 Å². The van der Waals surface area contributed by atoms with Gasteiger partial charge in [0.05, 0.1) is 0 Å². The standard InChI is InChI=1S/C16H19FN2O2/c1-2-14-8-9-15(21-14)16(20)19(11-3-10-18)13-6-4-12(17)5-7-13/h4-9H,2-3,10-11,18H2,1H3. The lowest BCUT2D eigenvalue weighted by molar-refractivity contribution is 0.0958. The van der Waals surface area contributed by atoms with Crippen molar-refractivity contribution in [2.24, 2.45) is 5.73 Å². The average Bonchev–Trinajstić information content (AvgIpc) is 2.98. The summed E-state index contributed by atoms with van der Waals surface area (Å²) < 4.78 is 18.5. The molecule has 2 N–H and O–H groups in total. The Morgan fingerprint density at radius 1 is 1.24 bits per heavy atom. The zero-order chi connectivity index (χ0) is 15.2. The first kappa shape index (κ1) is 15.3. The first-order valence-corrected chi connectivity index (χ1v) is 7.02. The number of carbonyl (C=O) groups excluding carboxylic acids is 1. The van der Waals surface area contributed by atoms with Crippen LogP contribution in [0.3, 0.4) is 0 Å². The molecule has 0 aliphatic heterocycles. The lowest BCUT2D eigenvalue weighted by Gasteiger charge is -2.21. The van der Waals surface area contributed by atoms with E-state index < -0.39 is 0 Å². The number of hydrogen-bond acceptors (Lipinski definition) is 3. The second kappa shape index (κ2) is 7.04. The Morgan fingerprint density at radius 2 is 1.95 bits per heavy atom. The number of carbonyl (C=O) groups is 1. The number of amides is 1. The summed E-state index contributed by atoms with van der Waals surface area (Å²) in [5, 5.41) is 0. The van der Waals surface area contributed by atoms with E-state index in [0.717, 1.165) is 12.2 Å². The first-order chi connectivity index (χ1) is 10.2. The second-order valence-corrected chi connectivity index (χ2v) is 4.69. The molecular formula is C16H19FN2O2. The molecule has 4 nitrogen and oxygen atoms in total. The highest BCUT2D eigenvalue weighted by Gasteiger charge is 2.20. The summed E-state index contributed by atoms with van der Waals surface area (Å²) in [6.45, 7) is 2.89. The van der Waals surface area contributed by atoms with Crippen LogP contribution in [0.4, 0.5) is 10.1 Å². The monoisotopic (exact) mass is 290 g/mol. The van der Waals surface area contributed by atoms with Gasteiger partial charge < -0.3 is 15.1 Å². The predicted molar refractivity (Wildman–Crippen MR) is 79.8 cm³/mol. The molecule has 0 saturated carbocycles. The number of anilines is 1. The fourth-order valence-corrected chi connectivity index (χ4v) is 2.03. The van der Waals surface area contributed by atoms with Gasteiger partial charge >= 0.3 is 0 Å². The molecule has 1 heterocycles. The van der Waals surface area contributed by atoms with Gasteiger partial charge in [-0.3, -0.25) is 4.79 Å². The maximum atomic E-state index is 13.0. The van der Waals surface area contributed by atoms with Crippen LogP contribution in [0.5, 0.6) is 0 Å². The SMILES string of the molecule is CCc1ccc(C(=O)N(CCCN)c2ccc(F)cc2)o1. The second-order valence-electron chi connectivity index (χ2n) is 4.69. The van der Waals surface area contributed by atoms with Gasteiger partial charge in [-0.05, 0) is 49.4 Å². The van der Waals surface area contributed by atoms with Gasteiger partial charge in [-0.15, -0.1) is 0 Å². The molecule has 21 heavy (non-hydrogen) atoms. The summed E-state index contributed by atoms with van der Waals surface area (Å²) in [5.41, 5.74) is 6.15. The fourth-order valence-electron chi connectivity index (χ4n) is 2.03. The summed E-state index contributed by atoms with van der Waals surface area (Å²) in [4.78, 5) is 14.1. The van der Waals surface area contributed by atoms with E-state index in [1.54, 1.807) is 29.2 Å². The van der Waals surface area contributed by atoms with Crippen LogP contribution in [0.1, 0.15) is 29.7 Å². The Bertz CT molecular complexity index is 593. The molecule has 0 aliphatic rings. The van der Waals surface area contributed by atoms with Gasteiger partial charge in [0, 0.05) is 18.7 Å². The number of hydrogen-bond donors (Lipinski definition) is 1. The zero-order valence-electron chi connectivity index (χ0n) is 12.0. The Morgan fingerprint density at radius 3 is 2.52 bits per heavy atom. The Labute approximate surface area is 123 Å². The van der Waals surface area contributed by atoms with Crippen LogP contribution in [0.2, 0.25) is 0 Å². The minimum absolute atomic E-state index is 0.241. The molecule has 112 valence electrons. The van der Waals surface area contributed by atoms with Crippen molar-refractivity contribution in [3.05, 3.63) is 53.7 Å². The molecule has 0 bridgehead atoms. The van der Waals surface area contributed by atoms with Crippen LogP contribution in [0.15, 0.2) is 40.8 Å². The summed E-state index contributed by atoms with van der Waals surface area (Å²) in [7, 11) is 0. The molecule has 0 atom stereocenters. The van der Waals surface area contributed by atoms with Crippen LogP contribution < -0.4 is 10.6 Å². The van der Waals surface area contributed by atoms with Gasteiger partial charge in [0.1, 0.15) is 11.6 Å². The van der Waals surface area contributed by atoms with Crippen LogP contribution in [0, 0.1) is 5.82 Å². The van der Waals surface area contributed by atoms with Gasteiger partial charge in [0.2, 0.25) is 0 Å². The van der Waals surface area contributed by atoms with Gasteiger partial charge in [-0.2, -0.15) is 0 Å². The average molecular weight is 290 g/mol. The summed E-state index contributed by atoms with van der Waals surface area (Å²) in [6, 6.07) is 9.27. The molecule has 0 unspecified atom stereocenters. The third kappa shape index (κ3) is 3.70. The van der Waals surface area contributed by atoms with Crippen molar-refractivity contribution in [3.8, 4) is 0 Å². The maximum absolute atomic E-state index is 13.0. The number of nitrogens with two attached hydrogens (primary N) is 1. The number of furan rings is 1. The van der Waals surface area contributed by atoms with Crippen molar-refractivity contribution in [3.63, 3.8) is 0 Å². The smallest absolute Gasteiger partial charge is 0.293 e. The van der Waals surface area contributed by atoms with Crippen molar-refractivity contribution in [1.29, 1.82) is 0 Å². The van der Waals surface area contributed by atoms with E-state index in [4.69, 9.17) is 10.2 Å². The molecule has 0 saturated heterocycles. The molecule has 5 heteroatoms. The van der Waals surface area contributed by atoms with Crippen LogP contribution >= 0.6 is 0 Å². The Hall–Kier alpha value is -2.14. The Balaban J connectivity index is 2.26. The van der Waals surface area contributed by atoms with Crippen molar-refractivity contribution in [2.45, 2.75) is 19.8 Å². The highest BCUT2D eigenvalue weighted by molar-refractivity contribution is 6.04. The number of benzene rings is 1. The molecule has 0 aliphatic carbocycles.